The van der Waals surface area contributed by atoms with E-state index in [4.69, 9.17) is 4.74 Å². The number of hydrogen-bond acceptors (Lipinski definition) is 7. The Labute approximate surface area is 183 Å². The van der Waals surface area contributed by atoms with Crippen LogP contribution < -0.4 is 10.2 Å². The highest BCUT2D eigenvalue weighted by Crippen LogP contribution is 2.30. The minimum atomic E-state index is -1.85. The van der Waals surface area contributed by atoms with Crippen molar-refractivity contribution in [3.8, 4) is 11.1 Å². The second-order valence-electron chi connectivity index (χ2n) is 7.45. The molecular weight excluding hydrogens is 420 g/mol. The van der Waals surface area contributed by atoms with Crippen molar-refractivity contribution in [2.24, 2.45) is 0 Å². The topological polar surface area (TPSA) is 157 Å². The monoisotopic (exact) mass is 444 g/mol. The van der Waals surface area contributed by atoms with Gasteiger partial charge in [-0.2, -0.15) is 0 Å². The Kier molecular flexibility index (Phi) is 6.90. The van der Waals surface area contributed by atoms with Crippen LogP contribution in [0.25, 0.3) is 11.1 Å². The number of rotatable bonds is 5. The van der Waals surface area contributed by atoms with Gasteiger partial charge >= 0.3 is 5.97 Å². The van der Waals surface area contributed by atoms with Crippen molar-refractivity contribution in [3.63, 3.8) is 0 Å². The van der Waals surface area contributed by atoms with E-state index in [9.17, 15) is 34.8 Å². The second kappa shape index (κ2) is 9.45. The van der Waals surface area contributed by atoms with Gasteiger partial charge in [0.05, 0.1) is 0 Å². The fourth-order valence-electron chi connectivity index (χ4n) is 3.55. The first-order valence-corrected chi connectivity index (χ1v) is 9.80. The number of ether oxygens (including phenoxy) is 1. The zero-order chi connectivity index (χ0) is 23.6. The van der Waals surface area contributed by atoms with Crippen molar-refractivity contribution < 1.29 is 39.5 Å². The standard InChI is InChI=1S/C22H24N2O8/c1-11(25)23-15-7-3-13(4-8-15)14-5-9-16(10-6-14)24(12(2)26)21-19(29)17(27)18(28)20(32-21)22(30)31/h3-10,17-21,27-29H,1-2H3,(H,23,25)(H,30,31)/t17-,18-,19+,20-,21+/m0/s1. The van der Waals surface area contributed by atoms with E-state index in [-0.39, 0.29) is 5.91 Å². The summed E-state index contributed by atoms with van der Waals surface area (Å²) < 4.78 is 5.29. The van der Waals surface area contributed by atoms with E-state index in [1.807, 2.05) is 12.1 Å². The van der Waals surface area contributed by atoms with Crippen LogP contribution in [0, 0.1) is 0 Å². The summed E-state index contributed by atoms with van der Waals surface area (Å²) >= 11 is 0. The number of carbonyl (C=O) groups excluding carboxylic acids is 2. The smallest absolute Gasteiger partial charge is 0.335 e. The first-order valence-electron chi connectivity index (χ1n) is 9.80. The molecule has 1 fully saturated rings. The number of aliphatic carboxylic acids is 1. The van der Waals surface area contributed by atoms with Gasteiger partial charge in [-0.1, -0.05) is 24.3 Å². The van der Waals surface area contributed by atoms with Crippen LogP contribution >= 0.6 is 0 Å². The van der Waals surface area contributed by atoms with E-state index >= 15 is 0 Å². The lowest BCUT2D eigenvalue weighted by molar-refractivity contribution is -0.227. The number of hydrogen-bond donors (Lipinski definition) is 5. The summed E-state index contributed by atoms with van der Waals surface area (Å²) in [4.78, 5) is 35.9. The molecule has 0 aliphatic carbocycles. The molecule has 0 spiro atoms. The number of nitrogens with zero attached hydrogens (tertiary/aromatic N) is 1. The molecular formula is C22H24N2O8. The summed E-state index contributed by atoms with van der Waals surface area (Å²) in [7, 11) is 0. The van der Waals surface area contributed by atoms with Gasteiger partial charge in [0.25, 0.3) is 0 Å². The Balaban J connectivity index is 1.87. The number of benzene rings is 2. The second-order valence-corrected chi connectivity index (χ2v) is 7.45. The molecule has 0 unspecified atom stereocenters. The summed E-state index contributed by atoms with van der Waals surface area (Å²) in [5, 5.41) is 42.2. The molecule has 170 valence electrons. The molecule has 0 aromatic heterocycles. The number of aliphatic hydroxyl groups excluding tert-OH is 3. The fraction of sp³-hybridized carbons (Fsp3) is 0.318. The van der Waals surface area contributed by atoms with E-state index in [1.165, 1.54) is 13.8 Å². The highest BCUT2D eigenvalue weighted by Gasteiger charge is 2.49. The molecule has 1 saturated heterocycles. The lowest BCUT2D eigenvalue weighted by Crippen LogP contribution is -2.65. The summed E-state index contributed by atoms with van der Waals surface area (Å²) in [6.07, 6.45) is -8.74. The molecule has 5 atom stereocenters. The maximum Gasteiger partial charge on any atom is 0.335 e. The minimum Gasteiger partial charge on any atom is -0.479 e. The molecule has 1 aliphatic heterocycles. The number of amides is 2. The Bertz CT molecular complexity index is 992. The number of carboxylic acid groups (broad SMARTS) is 1. The van der Waals surface area contributed by atoms with Gasteiger partial charge in [0.1, 0.15) is 18.3 Å². The molecule has 1 heterocycles. The van der Waals surface area contributed by atoms with Gasteiger partial charge in [-0.25, -0.2) is 4.79 Å². The molecule has 2 amide bonds. The number of anilines is 2. The van der Waals surface area contributed by atoms with E-state index < -0.39 is 42.5 Å². The lowest BCUT2D eigenvalue weighted by atomic mass is 9.97. The fourth-order valence-corrected chi connectivity index (χ4v) is 3.55. The van der Waals surface area contributed by atoms with Crippen molar-refractivity contribution in [2.75, 3.05) is 10.2 Å². The van der Waals surface area contributed by atoms with E-state index in [2.05, 4.69) is 5.32 Å². The van der Waals surface area contributed by atoms with Crippen LogP contribution in [0.3, 0.4) is 0 Å². The van der Waals surface area contributed by atoms with Crippen LogP contribution in [-0.4, -0.2) is 68.9 Å². The lowest BCUT2D eigenvalue weighted by Gasteiger charge is -2.43. The predicted octanol–water partition coefficient (Wildman–Crippen LogP) is 0.557. The Hall–Kier alpha value is -3.31. The summed E-state index contributed by atoms with van der Waals surface area (Å²) in [6.45, 7) is 2.62. The summed E-state index contributed by atoms with van der Waals surface area (Å²) in [5.41, 5.74) is 2.60. The Morgan fingerprint density at radius 3 is 1.84 bits per heavy atom. The number of carboxylic acids is 1. The normalized spacial score (nSPS) is 25.1. The highest BCUT2D eigenvalue weighted by molar-refractivity contribution is 5.92. The molecule has 1 aliphatic rings. The van der Waals surface area contributed by atoms with Crippen molar-refractivity contribution in [1.82, 2.24) is 0 Å². The summed E-state index contributed by atoms with van der Waals surface area (Å²) in [5.74, 6) is -2.27. The van der Waals surface area contributed by atoms with Crippen LogP contribution in [0.5, 0.6) is 0 Å². The van der Waals surface area contributed by atoms with E-state index in [1.54, 1.807) is 36.4 Å². The first-order chi connectivity index (χ1) is 15.1. The van der Waals surface area contributed by atoms with Crippen LogP contribution in [-0.2, 0) is 19.1 Å². The molecule has 10 heteroatoms. The van der Waals surface area contributed by atoms with E-state index in [0.29, 0.717) is 11.4 Å². The van der Waals surface area contributed by atoms with Gasteiger partial charge in [0.2, 0.25) is 11.8 Å². The molecule has 2 aromatic rings. The van der Waals surface area contributed by atoms with Gasteiger partial charge in [-0.05, 0) is 35.4 Å². The Morgan fingerprint density at radius 2 is 1.38 bits per heavy atom. The molecule has 0 bridgehead atoms. The number of nitrogens with one attached hydrogen (secondary N) is 1. The third-order valence-corrected chi connectivity index (χ3v) is 5.11. The minimum absolute atomic E-state index is 0.179. The molecule has 0 saturated carbocycles. The molecule has 3 rings (SSSR count). The number of aliphatic hydroxyl groups is 3. The zero-order valence-electron chi connectivity index (χ0n) is 17.4. The van der Waals surface area contributed by atoms with Gasteiger partial charge in [-0.3, -0.25) is 14.5 Å². The molecule has 0 radical (unpaired) electrons. The SMILES string of the molecule is CC(=O)Nc1ccc(-c2ccc(N(C(C)=O)[C@@H]3O[C@H](C(=O)O)[C@@H](O)[C@H](O)[C@H]3O)cc2)cc1. The van der Waals surface area contributed by atoms with Crippen LogP contribution in [0.2, 0.25) is 0 Å². The van der Waals surface area contributed by atoms with E-state index in [0.717, 1.165) is 16.0 Å². The summed E-state index contributed by atoms with van der Waals surface area (Å²) in [6, 6.07) is 13.7. The third kappa shape index (κ3) is 4.78. The van der Waals surface area contributed by atoms with Crippen molar-refractivity contribution in [3.05, 3.63) is 48.5 Å². The predicted molar refractivity (Wildman–Crippen MR) is 114 cm³/mol. The first kappa shape index (κ1) is 23.4. The third-order valence-electron chi connectivity index (χ3n) is 5.11. The average Bonchev–Trinajstić information content (AvgIpc) is 2.74. The molecule has 5 N–H and O–H groups in total. The Morgan fingerprint density at radius 1 is 0.844 bits per heavy atom. The van der Waals surface area contributed by atoms with Crippen molar-refractivity contribution in [2.45, 2.75) is 44.5 Å². The largest absolute Gasteiger partial charge is 0.479 e. The quantitative estimate of drug-likeness (QED) is 0.448. The number of carbonyl (C=O) groups is 3. The van der Waals surface area contributed by atoms with Crippen molar-refractivity contribution in [1.29, 1.82) is 0 Å². The van der Waals surface area contributed by atoms with Crippen LogP contribution in [0.15, 0.2) is 48.5 Å². The van der Waals surface area contributed by atoms with Gasteiger partial charge in [0.15, 0.2) is 12.3 Å². The zero-order valence-corrected chi connectivity index (χ0v) is 17.4. The van der Waals surface area contributed by atoms with Crippen molar-refractivity contribution >= 4 is 29.2 Å². The van der Waals surface area contributed by atoms with Gasteiger partial charge in [0, 0.05) is 25.2 Å². The van der Waals surface area contributed by atoms with Crippen LogP contribution in [0.1, 0.15) is 13.8 Å². The van der Waals surface area contributed by atoms with Gasteiger partial charge < -0.3 is 30.5 Å². The maximum absolute atomic E-state index is 12.3. The van der Waals surface area contributed by atoms with Gasteiger partial charge in [-0.15, -0.1) is 0 Å². The molecule has 32 heavy (non-hydrogen) atoms. The molecule has 2 aromatic carbocycles. The maximum atomic E-state index is 12.3. The highest BCUT2D eigenvalue weighted by atomic mass is 16.6. The molecule has 10 nitrogen and oxygen atoms in total. The van der Waals surface area contributed by atoms with Crippen LogP contribution in [0.4, 0.5) is 11.4 Å². The average molecular weight is 444 g/mol.